The van der Waals surface area contributed by atoms with Crippen LogP contribution in [-0.4, -0.2) is 12.6 Å². The molecule has 0 aliphatic rings. The lowest BCUT2D eigenvalue weighted by Crippen LogP contribution is -2.10. The maximum Gasteiger partial charge on any atom is 0.331 e. The van der Waals surface area contributed by atoms with E-state index in [0.29, 0.717) is 12.4 Å². The molecule has 1 rings (SSSR count). The number of hydrogen-bond donors (Lipinski definition) is 0. The number of alkyl halides is 1. The minimum Gasteiger partial charge on any atom is -0.467 e. The maximum atomic E-state index is 11.0. The molecule has 1 unspecified atom stereocenters. The van der Waals surface area contributed by atoms with E-state index >= 15 is 0 Å². The number of esters is 1. The molecular weight excluding hydrogens is 180 g/mol. The van der Waals surface area contributed by atoms with Crippen molar-refractivity contribution in [1.82, 2.24) is 0 Å². The molecule has 0 spiro atoms. The van der Waals surface area contributed by atoms with E-state index in [1.54, 1.807) is 19.1 Å². The van der Waals surface area contributed by atoms with Gasteiger partial charge >= 0.3 is 5.97 Å². The fourth-order valence-corrected chi connectivity index (χ4v) is 0.954. The first-order valence-corrected chi connectivity index (χ1v) is 4.03. The molecule has 0 aliphatic carbocycles. The highest BCUT2D eigenvalue weighted by atomic mass is 35.5. The highest BCUT2D eigenvalue weighted by Crippen LogP contribution is 2.21. The van der Waals surface area contributed by atoms with Crippen molar-refractivity contribution in [3.05, 3.63) is 24.2 Å². The van der Waals surface area contributed by atoms with Gasteiger partial charge in [0.25, 0.3) is 0 Å². The number of carbonyl (C=O) groups excluding carboxylic acids is 1. The minimum atomic E-state index is -0.833. The molecule has 1 aromatic heterocycles. The van der Waals surface area contributed by atoms with E-state index in [-0.39, 0.29) is 0 Å². The number of carbonyl (C=O) groups is 1. The molecule has 1 atom stereocenters. The van der Waals surface area contributed by atoms with Gasteiger partial charge in [-0.05, 0) is 19.1 Å². The van der Waals surface area contributed by atoms with Crippen LogP contribution in [0, 0.1) is 0 Å². The summed E-state index contributed by atoms with van der Waals surface area (Å²) in [5.74, 6) is -0.0655. The van der Waals surface area contributed by atoms with E-state index in [4.69, 9.17) is 20.8 Å². The largest absolute Gasteiger partial charge is 0.467 e. The van der Waals surface area contributed by atoms with E-state index < -0.39 is 11.3 Å². The monoisotopic (exact) mass is 188 g/mol. The van der Waals surface area contributed by atoms with Crippen molar-refractivity contribution in [2.24, 2.45) is 0 Å². The fraction of sp³-hybridized carbons (Fsp3) is 0.375. The maximum absolute atomic E-state index is 11.0. The summed E-state index contributed by atoms with van der Waals surface area (Å²) in [6, 6.07) is 3.30. The van der Waals surface area contributed by atoms with Gasteiger partial charge in [-0.1, -0.05) is 0 Å². The van der Waals surface area contributed by atoms with Crippen LogP contribution in [0.2, 0.25) is 0 Å². The lowest BCUT2D eigenvalue weighted by Gasteiger charge is -2.04. The van der Waals surface area contributed by atoms with Crippen molar-refractivity contribution in [3.63, 3.8) is 0 Å². The Labute approximate surface area is 75.3 Å². The molecule has 0 aliphatic heterocycles. The van der Waals surface area contributed by atoms with Gasteiger partial charge in [0.2, 0.25) is 0 Å². The Morgan fingerprint density at radius 2 is 2.58 bits per heavy atom. The zero-order valence-electron chi connectivity index (χ0n) is 6.62. The van der Waals surface area contributed by atoms with Gasteiger partial charge in [0.15, 0.2) is 5.38 Å². The first-order valence-electron chi connectivity index (χ1n) is 3.59. The number of halogens is 1. The number of hydrogen-bond acceptors (Lipinski definition) is 3. The van der Waals surface area contributed by atoms with Crippen LogP contribution in [0.4, 0.5) is 0 Å². The van der Waals surface area contributed by atoms with Gasteiger partial charge in [-0.15, -0.1) is 11.6 Å². The van der Waals surface area contributed by atoms with Gasteiger partial charge in [0.05, 0.1) is 12.9 Å². The first-order chi connectivity index (χ1) is 5.75. The topological polar surface area (TPSA) is 39.4 Å². The smallest absolute Gasteiger partial charge is 0.331 e. The van der Waals surface area contributed by atoms with Crippen LogP contribution in [0.15, 0.2) is 22.8 Å². The summed E-state index contributed by atoms with van der Waals surface area (Å²) in [7, 11) is 0. The molecular formula is C8H9ClO3. The molecule has 3 nitrogen and oxygen atoms in total. The quantitative estimate of drug-likeness (QED) is 0.539. The minimum absolute atomic E-state index is 0.322. The third-order valence-electron chi connectivity index (χ3n) is 1.29. The highest BCUT2D eigenvalue weighted by molar-refractivity contribution is 6.29. The molecule has 66 valence electrons. The molecule has 1 aromatic rings. The summed E-state index contributed by atoms with van der Waals surface area (Å²) < 4.78 is 9.63. The van der Waals surface area contributed by atoms with Crippen molar-refractivity contribution in [2.75, 3.05) is 6.61 Å². The van der Waals surface area contributed by atoms with Crippen molar-refractivity contribution in [1.29, 1.82) is 0 Å². The van der Waals surface area contributed by atoms with E-state index in [0.717, 1.165) is 0 Å². The van der Waals surface area contributed by atoms with Crippen LogP contribution in [0.1, 0.15) is 18.1 Å². The van der Waals surface area contributed by atoms with Gasteiger partial charge in [-0.25, -0.2) is 4.79 Å². The van der Waals surface area contributed by atoms with Gasteiger partial charge in [-0.2, -0.15) is 0 Å². The Bertz CT molecular complexity index is 243. The standard InChI is InChI=1S/C8H9ClO3/c1-2-11-8(10)7(9)6-4-3-5-12-6/h3-5,7H,2H2,1H3. The summed E-state index contributed by atoms with van der Waals surface area (Å²) in [4.78, 5) is 11.0. The van der Waals surface area contributed by atoms with Crippen molar-refractivity contribution in [3.8, 4) is 0 Å². The second-order valence-corrected chi connectivity index (χ2v) is 2.57. The second kappa shape index (κ2) is 4.16. The van der Waals surface area contributed by atoms with E-state index in [1.165, 1.54) is 6.26 Å². The molecule has 0 fully saturated rings. The molecule has 0 radical (unpaired) electrons. The first kappa shape index (κ1) is 9.13. The molecule has 1 heterocycles. The van der Waals surface area contributed by atoms with Crippen LogP contribution in [0.3, 0.4) is 0 Å². The van der Waals surface area contributed by atoms with Gasteiger partial charge in [-0.3, -0.25) is 0 Å². The average molecular weight is 189 g/mol. The predicted octanol–water partition coefficient (Wildman–Crippen LogP) is 2.12. The summed E-state index contributed by atoms with van der Waals surface area (Å²) in [6.45, 7) is 2.05. The van der Waals surface area contributed by atoms with Crippen LogP contribution in [-0.2, 0) is 9.53 Å². The molecule has 0 N–H and O–H groups in total. The zero-order chi connectivity index (χ0) is 8.97. The van der Waals surface area contributed by atoms with Crippen LogP contribution in [0.5, 0.6) is 0 Å². The van der Waals surface area contributed by atoms with Gasteiger partial charge in [0, 0.05) is 0 Å². The molecule has 0 bridgehead atoms. The third kappa shape index (κ3) is 2.01. The zero-order valence-corrected chi connectivity index (χ0v) is 7.38. The van der Waals surface area contributed by atoms with Crippen molar-refractivity contribution in [2.45, 2.75) is 12.3 Å². The highest BCUT2D eigenvalue weighted by Gasteiger charge is 2.20. The Morgan fingerprint density at radius 3 is 3.08 bits per heavy atom. The molecule has 12 heavy (non-hydrogen) atoms. The summed E-state index contributed by atoms with van der Waals surface area (Å²) in [5.41, 5.74) is 0. The second-order valence-electron chi connectivity index (χ2n) is 2.13. The number of furan rings is 1. The third-order valence-corrected chi connectivity index (χ3v) is 1.68. The number of rotatable bonds is 3. The molecule has 0 saturated carbocycles. The summed E-state index contributed by atoms with van der Waals surface area (Å²) in [6.07, 6.45) is 1.46. The Kier molecular flexibility index (Phi) is 3.17. The van der Waals surface area contributed by atoms with Gasteiger partial charge < -0.3 is 9.15 Å². The van der Waals surface area contributed by atoms with Crippen molar-refractivity contribution >= 4 is 17.6 Å². The number of ether oxygens (including phenoxy) is 1. The normalized spacial score (nSPS) is 12.5. The Morgan fingerprint density at radius 1 is 1.83 bits per heavy atom. The lowest BCUT2D eigenvalue weighted by molar-refractivity contribution is -0.143. The molecule has 0 amide bonds. The van der Waals surface area contributed by atoms with E-state index in [2.05, 4.69) is 0 Å². The van der Waals surface area contributed by atoms with Crippen molar-refractivity contribution < 1.29 is 13.9 Å². The van der Waals surface area contributed by atoms with Crippen LogP contribution < -0.4 is 0 Å². The fourth-order valence-electron chi connectivity index (χ4n) is 0.767. The Hall–Kier alpha value is -0.960. The van der Waals surface area contributed by atoms with Crippen LogP contribution >= 0.6 is 11.6 Å². The predicted molar refractivity (Wildman–Crippen MR) is 43.9 cm³/mol. The molecule has 4 heteroatoms. The van der Waals surface area contributed by atoms with Crippen LogP contribution in [0.25, 0.3) is 0 Å². The average Bonchev–Trinajstić information content (AvgIpc) is 2.55. The van der Waals surface area contributed by atoms with E-state index in [1.807, 2.05) is 0 Å². The Balaban J connectivity index is 2.59. The molecule has 0 saturated heterocycles. The molecule has 0 aromatic carbocycles. The summed E-state index contributed by atoms with van der Waals surface area (Å²) >= 11 is 5.71. The lowest BCUT2D eigenvalue weighted by atomic mass is 10.3. The van der Waals surface area contributed by atoms with Gasteiger partial charge in [0.1, 0.15) is 5.76 Å². The summed E-state index contributed by atoms with van der Waals surface area (Å²) in [5, 5.41) is -0.833. The SMILES string of the molecule is CCOC(=O)C(Cl)c1ccco1. The van der Waals surface area contributed by atoms with E-state index in [9.17, 15) is 4.79 Å².